The Labute approximate surface area is 164 Å². The molecule has 0 spiro atoms. The third kappa shape index (κ3) is 5.58. The summed E-state index contributed by atoms with van der Waals surface area (Å²) in [6, 6.07) is 12.2. The van der Waals surface area contributed by atoms with E-state index < -0.39 is 11.9 Å². The number of benzene rings is 2. The summed E-state index contributed by atoms with van der Waals surface area (Å²) < 4.78 is 2.60. The third-order valence-electron chi connectivity index (χ3n) is 3.10. The van der Waals surface area contributed by atoms with Crippen LogP contribution < -0.4 is 11.1 Å². The van der Waals surface area contributed by atoms with E-state index in [1.54, 1.807) is 12.1 Å². The van der Waals surface area contributed by atoms with Gasteiger partial charge in [-0.15, -0.1) is 0 Å². The molecule has 23 heavy (non-hydrogen) atoms. The Morgan fingerprint density at radius 2 is 1.78 bits per heavy atom. The average Bonchev–Trinajstić information content (AvgIpc) is 2.45. The van der Waals surface area contributed by atoms with Crippen molar-refractivity contribution in [3.63, 3.8) is 0 Å². The molecule has 2 rings (SSSR count). The zero-order valence-corrected chi connectivity index (χ0v) is 17.2. The van der Waals surface area contributed by atoms with Crippen LogP contribution >= 0.6 is 54.5 Å². The van der Waals surface area contributed by atoms with E-state index in [-0.39, 0.29) is 5.91 Å². The second-order valence-corrected chi connectivity index (χ2v) is 8.00. The molecule has 0 aliphatic heterocycles. The number of nitrogens with one attached hydrogen (secondary N) is 1. The molecule has 0 saturated carbocycles. The van der Waals surface area contributed by atoms with Gasteiger partial charge in [-0.1, -0.05) is 44.0 Å². The monoisotopic (exact) mass is 550 g/mol. The van der Waals surface area contributed by atoms with Crippen molar-refractivity contribution in [3.05, 3.63) is 66.1 Å². The summed E-state index contributed by atoms with van der Waals surface area (Å²) in [5.41, 5.74) is 6.82. The lowest BCUT2D eigenvalue weighted by molar-refractivity contribution is -0.119. The summed E-state index contributed by atoms with van der Waals surface area (Å²) >= 11 is 8.87. The van der Waals surface area contributed by atoms with Gasteiger partial charge in [-0.05, 0) is 58.5 Å². The number of rotatable bonds is 5. The fraction of sp³-hybridized carbons (Fsp3) is 0.125. The lowest BCUT2D eigenvalue weighted by Gasteiger charge is -2.16. The minimum atomic E-state index is -0.765. The highest BCUT2D eigenvalue weighted by Gasteiger charge is 2.20. The molecular weight excluding hydrogens is 539 g/mol. The topological polar surface area (TPSA) is 72.2 Å². The molecule has 0 fully saturated rings. The molecule has 3 N–H and O–H groups in total. The number of hydrogen-bond donors (Lipinski definition) is 2. The highest BCUT2D eigenvalue weighted by molar-refractivity contribution is 14.1. The van der Waals surface area contributed by atoms with E-state index in [0.717, 1.165) is 18.1 Å². The van der Waals surface area contributed by atoms with E-state index in [1.165, 1.54) is 0 Å². The Balaban J connectivity index is 2.15. The highest BCUT2D eigenvalue weighted by atomic mass is 127. The Bertz CT molecular complexity index is 732. The second-order valence-electron chi connectivity index (χ2n) is 4.92. The fourth-order valence-electron chi connectivity index (χ4n) is 2.05. The molecule has 7 heteroatoms. The van der Waals surface area contributed by atoms with Gasteiger partial charge >= 0.3 is 0 Å². The molecule has 0 aliphatic rings. The van der Waals surface area contributed by atoms with Crippen LogP contribution in [-0.4, -0.2) is 17.9 Å². The maximum Gasteiger partial charge on any atom is 0.252 e. The quantitative estimate of drug-likeness (QED) is 0.557. The number of carbonyl (C=O) groups excluding carboxylic acids is 2. The maximum absolute atomic E-state index is 12.4. The molecule has 1 atom stereocenters. The van der Waals surface area contributed by atoms with Crippen molar-refractivity contribution in [2.45, 2.75) is 12.5 Å². The SMILES string of the molecule is NC(=O)[C@@H](Cc1cccc(I)c1)NC(=O)c1cc(Br)cc(Br)c1. The molecule has 0 aliphatic carbocycles. The van der Waals surface area contributed by atoms with Gasteiger partial charge in [0, 0.05) is 24.5 Å². The average molecular weight is 552 g/mol. The fourth-order valence-corrected chi connectivity index (χ4v) is 3.95. The van der Waals surface area contributed by atoms with Gasteiger partial charge in [0.15, 0.2) is 0 Å². The standard InChI is InChI=1S/C16H13Br2IN2O2/c17-11-6-10(7-12(18)8-11)16(23)21-14(15(20)22)5-9-2-1-3-13(19)4-9/h1-4,6-8,14H,5H2,(H2,20,22)(H,21,23)/t14-/m1/s1. The first-order chi connectivity index (χ1) is 10.8. The molecular formula is C16H13Br2IN2O2. The van der Waals surface area contributed by atoms with Crippen molar-refractivity contribution >= 4 is 66.3 Å². The van der Waals surface area contributed by atoms with Gasteiger partial charge in [0.1, 0.15) is 6.04 Å². The van der Waals surface area contributed by atoms with Crippen LogP contribution in [0.1, 0.15) is 15.9 Å². The van der Waals surface area contributed by atoms with Crippen LogP contribution in [0.3, 0.4) is 0 Å². The number of nitrogens with two attached hydrogens (primary N) is 1. The van der Waals surface area contributed by atoms with E-state index in [0.29, 0.717) is 12.0 Å². The van der Waals surface area contributed by atoms with Crippen LogP contribution in [0, 0.1) is 3.57 Å². The van der Waals surface area contributed by atoms with E-state index >= 15 is 0 Å². The van der Waals surface area contributed by atoms with Gasteiger partial charge in [-0.3, -0.25) is 9.59 Å². The lowest BCUT2D eigenvalue weighted by Crippen LogP contribution is -2.45. The van der Waals surface area contributed by atoms with E-state index in [2.05, 4.69) is 59.8 Å². The Kier molecular flexibility index (Phi) is 6.60. The Morgan fingerprint density at radius 3 is 2.35 bits per heavy atom. The molecule has 0 radical (unpaired) electrons. The summed E-state index contributed by atoms with van der Waals surface area (Å²) in [6.45, 7) is 0. The summed E-state index contributed by atoms with van der Waals surface area (Å²) in [4.78, 5) is 24.0. The molecule has 120 valence electrons. The van der Waals surface area contributed by atoms with E-state index in [4.69, 9.17) is 5.73 Å². The molecule has 0 unspecified atom stereocenters. The first kappa shape index (κ1) is 18.4. The first-order valence-corrected chi connectivity index (χ1v) is 9.32. The lowest BCUT2D eigenvalue weighted by atomic mass is 10.0. The van der Waals surface area contributed by atoms with E-state index in [9.17, 15) is 9.59 Å². The van der Waals surface area contributed by atoms with Crippen molar-refractivity contribution in [3.8, 4) is 0 Å². The molecule has 2 amide bonds. The van der Waals surface area contributed by atoms with Crippen LogP contribution in [0.4, 0.5) is 0 Å². The predicted octanol–water partition coefficient (Wildman–Crippen LogP) is 3.64. The van der Waals surface area contributed by atoms with Gasteiger partial charge in [-0.25, -0.2) is 0 Å². The summed E-state index contributed by atoms with van der Waals surface area (Å²) in [7, 11) is 0. The number of halogens is 3. The molecule has 2 aromatic rings. The summed E-state index contributed by atoms with van der Waals surface area (Å²) in [5, 5.41) is 2.70. The largest absolute Gasteiger partial charge is 0.368 e. The molecule has 0 saturated heterocycles. The number of amides is 2. The molecule has 4 nitrogen and oxygen atoms in total. The smallest absolute Gasteiger partial charge is 0.252 e. The number of carbonyl (C=O) groups is 2. The predicted molar refractivity (Wildman–Crippen MR) is 105 cm³/mol. The van der Waals surface area contributed by atoms with Gasteiger partial charge < -0.3 is 11.1 Å². The zero-order chi connectivity index (χ0) is 17.0. The maximum atomic E-state index is 12.4. The minimum Gasteiger partial charge on any atom is -0.368 e. The second kappa shape index (κ2) is 8.25. The minimum absolute atomic E-state index is 0.346. The first-order valence-electron chi connectivity index (χ1n) is 6.66. The Morgan fingerprint density at radius 1 is 1.13 bits per heavy atom. The third-order valence-corrected chi connectivity index (χ3v) is 4.69. The Hall–Kier alpha value is -0.930. The van der Waals surface area contributed by atoms with Crippen molar-refractivity contribution in [1.82, 2.24) is 5.32 Å². The van der Waals surface area contributed by atoms with Gasteiger partial charge in [0.25, 0.3) is 5.91 Å². The van der Waals surface area contributed by atoms with Gasteiger partial charge in [0.2, 0.25) is 5.91 Å². The van der Waals surface area contributed by atoms with Crippen LogP contribution in [-0.2, 0) is 11.2 Å². The van der Waals surface area contributed by atoms with Crippen LogP contribution in [0.15, 0.2) is 51.4 Å². The van der Waals surface area contributed by atoms with Gasteiger partial charge in [-0.2, -0.15) is 0 Å². The zero-order valence-electron chi connectivity index (χ0n) is 11.9. The van der Waals surface area contributed by atoms with Crippen molar-refractivity contribution in [1.29, 1.82) is 0 Å². The normalized spacial score (nSPS) is 11.8. The van der Waals surface area contributed by atoms with Crippen LogP contribution in [0.25, 0.3) is 0 Å². The summed E-state index contributed by atoms with van der Waals surface area (Å²) in [5.74, 6) is -0.910. The van der Waals surface area contributed by atoms with Gasteiger partial charge in [0.05, 0.1) is 0 Å². The van der Waals surface area contributed by atoms with Crippen LogP contribution in [0.5, 0.6) is 0 Å². The van der Waals surface area contributed by atoms with Crippen molar-refractivity contribution < 1.29 is 9.59 Å². The highest BCUT2D eigenvalue weighted by Crippen LogP contribution is 2.20. The van der Waals surface area contributed by atoms with E-state index in [1.807, 2.05) is 30.3 Å². The molecule has 0 heterocycles. The number of hydrogen-bond acceptors (Lipinski definition) is 2. The van der Waals surface area contributed by atoms with Crippen LogP contribution in [0.2, 0.25) is 0 Å². The molecule has 2 aromatic carbocycles. The summed E-state index contributed by atoms with van der Waals surface area (Å²) in [6.07, 6.45) is 0.354. The molecule has 0 aromatic heterocycles. The molecule has 0 bridgehead atoms. The number of primary amides is 1. The van der Waals surface area contributed by atoms with Crippen molar-refractivity contribution in [2.24, 2.45) is 5.73 Å². The van der Waals surface area contributed by atoms with Crippen molar-refractivity contribution in [2.75, 3.05) is 0 Å².